The Labute approximate surface area is 155 Å². The monoisotopic (exact) mass is 380 g/mol. The van der Waals surface area contributed by atoms with Gasteiger partial charge in [-0.05, 0) is 55.0 Å². The van der Waals surface area contributed by atoms with E-state index in [-0.39, 0.29) is 0 Å². The van der Waals surface area contributed by atoms with E-state index in [0.29, 0.717) is 16.7 Å². The van der Waals surface area contributed by atoms with Crippen molar-refractivity contribution in [3.8, 4) is 0 Å². The van der Waals surface area contributed by atoms with Crippen molar-refractivity contribution in [3.63, 3.8) is 0 Å². The molecule has 0 aliphatic heterocycles. The van der Waals surface area contributed by atoms with Crippen LogP contribution in [0, 0.1) is 5.92 Å². The maximum Gasteiger partial charge on any atom is 0.250 e. The van der Waals surface area contributed by atoms with Gasteiger partial charge in [0, 0.05) is 23.8 Å². The molecule has 25 heavy (non-hydrogen) atoms. The molecule has 6 heteroatoms. The lowest BCUT2D eigenvalue weighted by Crippen LogP contribution is -2.28. The third-order valence-electron chi connectivity index (χ3n) is 4.42. The molecular formula is C19H28N2O2S2. The van der Waals surface area contributed by atoms with Gasteiger partial charge in [0.1, 0.15) is 4.21 Å². The number of aryl methyl sites for hydroxylation is 2. The second-order valence-corrected chi connectivity index (χ2v) is 9.51. The predicted molar refractivity (Wildman–Crippen MR) is 104 cm³/mol. The zero-order valence-corrected chi connectivity index (χ0v) is 16.7. The van der Waals surface area contributed by atoms with Gasteiger partial charge in [0.2, 0.25) is 10.0 Å². The average Bonchev–Trinajstić information content (AvgIpc) is 3.11. The molecule has 0 fully saturated rings. The fourth-order valence-electron chi connectivity index (χ4n) is 2.70. The van der Waals surface area contributed by atoms with Gasteiger partial charge in [0.05, 0.1) is 0 Å². The van der Waals surface area contributed by atoms with E-state index in [2.05, 4.69) is 23.6 Å². The minimum Gasteiger partial charge on any atom is -0.265 e. The quantitative estimate of drug-likeness (QED) is 0.627. The van der Waals surface area contributed by atoms with Crippen LogP contribution in [0.25, 0.3) is 0 Å². The fraction of sp³-hybridized carbons (Fsp3) is 0.526. The van der Waals surface area contributed by atoms with E-state index < -0.39 is 10.0 Å². The number of hydrogen-bond acceptors (Lipinski definition) is 4. The summed E-state index contributed by atoms with van der Waals surface area (Å²) in [5.74, 6) is 0.417. The Morgan fingerprint density at radius 3 is 2.56 bits per heavy atom. The molecule has 138 valence electrons. The summed E-state index contributed by atoms with van der Waals surface area (Å²) in [5, 5.41) is 0. The normalized spacial score (nSPS) is 13.0. The second kappa shape index (κ2) is 10.0. The van der Waals surface area contributed by atoms with Gasteiger partial charge in [0.25, 0.3) is 0 Å². The van der Waals surface area contributed by atoms with Crippen molar-refractivity contribution < 1.29 is 8.42 Å². The van der Waals surface area contributed by atoms with Gasteiger partial charge >= 0.3 is 0 Å². The number of sulfonamides is 1. The van der Waals surface area contributed by atoms with E-state index in [0.717, 1.165) is 43.4 Å². The predicted octanol–water partition coefficient (Wildman–Crippen LogP) is 4.42. The Morgan fingerprint density at radius 1 is 1.12 bits per heavy atom. The lowest BCUT2D eigenvalue weighted by atomic mass is 10.00. The van der Waals surface area contributed by atoms with E-state index >= 15 is 0 Å². The summed E-state index contributed by atoms with van der Waals surface area (Å²) in [7, 11) is -3.39. The minimum atomic E-state index is -3.39. The second-order valence-electron chi connectivity index (χ2n) is 6.34. The van der Waals surface area contributed by atoms with Crippen molar-refractivity contribution in [2.45, 2.75) is 56.6 Å². The number of hydrogen-bond donors (Lipinski definition) is 1. The highest BCUT2D eigenvalue weighted by Gasteiger charge is 2.18. The number of rotatable bonds is 11. The van der Waals surface area contributed by atoms with Gasteiger partial charge < -0.3 is 0 Å². The third-order valence-corrected chi connectivity index (χ3v) is 7.48. The van der Waals surface area contributed by atoms with Crippen LogP contribution < -0.4 is 4.72 Å². The van der Waals surface area contributed by atoms with Crippen LogP contribution in [0.1, 0.15) is 50.0 Å². The molecule has 2 aromatic heterocycles. The van der Waals surface area contributed by atoms with Crippen molar-refractivity contribution in [2.24, 2.45) is 5.92 Å². The molecule has 2 rings (SSSR count). The van der Waals surface area contributed by atoms with Gasteiger partial charge in [-0.1, -0.05) is 33.1 Å². The fourth-order valence-corrected chi connectivity index (χ4v) is 5.21. The van der Waals surface area contributed by atoms with Crippen LogP contribution in [0.5, 0.6) is 0 Å². The van der Waals surface area contributed by atoms with Crippen LogP contribution in [0.3, 0.4) is 0 Å². The van der Waals surface area contributed by atoms with Crippen molar-refractivity contribution in [2.75, 3.05) is 6.54 Å². The SMILES string of the molecule is CCCCC(CC)CNS(=O)(=O)c1ccc(CCc2ccncc2)s1. The maximum absolute atomic E-state index is 12.5. The lowest BCUT2D eigenvalue weighted by molar-refractivity contribution is 0.444. The Balaban J connectivity index is 1.90. The minimum absolute atomic E-state index is 0.417. The number of nitrogens with one attached hydrogen (secondary N) is 1. The first-order valence-corrected chi connectivity index (χ1v) is 11.3. The highest BCUT2D eigenvalue weighted by molar-refractivity contribution is 7.91. The van der Waals surface area contributed by atoms with Gasteiger partial charge in [-0.2, -0.15) is 0 Å². The van der Waals surface area contributed by atoms with Gasteiger partial charge in [-0.3, -0.25) is 4.98 Å². The van der Waals surface area contributed by atoms with E-state index in [9.17, 15) is 8.42 Å². The number of unbranched alkanes of at least 4 members (excludes halogenated alkanes) is 1. The topological polar surface area (TPSA) is 59.1 Å². The zero-order valence-electron chi connectivity index (χ0n) is 15.1. The van der Waals surface area contributed by atoms with Crippen LogP contribution in [-0.4, -0.2) is 19.9 Å². The molecule has 2 heterocycles. The lowest BCUT2D eigenvalue weighted by Gasteiger charge is -2.14. The molecule has 0 bridgehead atoms. The zero-order chi connectivity index (χ0) is 18.1. The first kappa shape index (κ1) is 20.1. The largest absolute Gasteiger partial charge is 0.265 e. The van der Waals surface area contributed by atoms with Crippen LogP contribution in [-0.2, 0) is 22.9 Å². The van der Waals surface area contributed by atoms with Crippen LogP contribution in [0.15, 0.2) is 40.9 Å². The van der Waals surface area contributed by atoms with Gasteiger partial charge in [-0.25, -0.2) is 13.1 Å². The molecule has 1 unspecified atom stereocenters. The Hall–Kier alpha value is -1.24. The summed E-state index contributed by atoms with van der Waals surface area (Å²) in [6.07, 6.45) is 9.69. The molecule has 4 nitrogen and oxygen atoms in total. The molecule has 0 aromatic carbocycles. The van der Waals surface area contributed by atoms with E-state index in [1.165, 1.54) is 16.9 Å². The van der Waals surface area contributed by atoms with Crippen LogP contribution >= 0.6 is 11.3 Å². The highest BCUT2D eigenvalue weighted by Crippen LogP contribution is 2.23. The molecule has 0 amide bonds. The summed E-state index contributed by atoms with van der Waals surface area (Å²) in [6, 6.07) is 7.64. The number of pyridine rings is 1. The van der Waals surface area contributed by atoms with Gasteiger partial charge in [0.15, 0.2) is 0 Å². The molecule has 1 atom stereocenters. The average molecular weight is 381 g/mol. The van der Waals surface area contributed by atoms with E-state index in [1.54, 1.807) is 18.5 Å². The van der Waals surface area contributed by atoms with Crippen molar-refractivity contribution in [1.29, 1.82) is 0 Å². The molecule has 0 aliphatic rings. The van der Waals surface area contributed by atoms with Crippen molar-refractivity contribution in [3.05, 3.63) is 47.1 Å². The number of thiophene rings is 1. The Morgan fingerprint density at radius 2 is 1.88 bits per heavy atom. The van der Waals surface area contributed by atoms with Crippen molar-refractivity contribution >= 4 is 21.4 Å². The summed E-state index contributed by atoms with van der Waals surface area (Å²) < 4.78 is 28.2. The van der Waals surface area contributed by atoms with E-state index in [4.69, 9.17) is 0 Å². The summed E-state index contributed by atoms with van der Waals surface area (Å²) >= 11 is 1.37. The Kier molecular flexibility index (Phi) is 8.06. The summed E-state index contributed by atoms with van der Waals surface area (Å²) in [4.78, 5) is 5.10. The van der Waals surface area contributed by atoms with Crippen LogP contribution in [0.2, 0.25) is 0 Å². The molecule has 0 saturated carbocycles. The molecule has 1 N–H and O–H groups in total. The first-order chi connectivity index (χ1) is 12.0. The highest BCUT2D eigenvalue weighted by atomic mass is 32.2. The molecular weight excluding hydrogens is 352 g/mol. The standard InChI is InChI=1S/C19H28N2O2S2/c1-3-5-6-16(4-2)15-21-25(22,23)19-10-9-18(24-19)8-7-17-11-13-20-14-12-17/h9-14,16,21H,3-8,15H2,1-2H3. The third kappa shape index (κ3) is 6.53. The smallest absolute Gasteiger partial charge is 0.250 e. The molecule has 0 spiro atoms. The van der Waals surface area contributed by atoms with Gasteiger partial charge in [-0.15, -0.1) is 11.3 Å². The van der Waals surface area contributed by atoms with E-state index in [1.807, 2.05) is 18.2 Å². The summed E-state index contributed by atoms with van der Waals surface area (Å²) in [5.41, 5.74) is 1.22. The number of nitrogens with zero attached hydrogens (tertiary/aromatic N) is 1. The molecule has 0 saturated heterocycles. The van der Waals surface area contributed by atoms with Crippen molar-refractivity contribution in [1.82, 2.24) is 9.71 Å². The summed E-state index contributed by atoms with van der Waals surface area (Å²) in [6.45, 7) is 4.82. The maximum atomic E-state index is 12.5. The molecule has 0 aliphatic carbocycles. The Bertz CT molecular complexity index is 727. The number of aromatic nitrogens is 1. The van der Waals surface area contributed by atoms with Crippen LogP contribution in [0.4, 0.5) is 0 Å². The first-order valence-electron chi connectivity index (χ1n) is 9.02. The molecule has 0 radical (unpaired) electrons. The molecule has 2 aromatic rings.